The second-order valence-corrected chi connectivity index (χ2v) is 6.67. The van der Waals surface area contributed by atoms with Crippen LogP contribution in [0.5, 0.6) is 0 Å². The van der Waals surface area contributed by atoms with Crippen LogP contribution in [0.25, 0.3) is 0 Å². The Morgan fingerprint density at radius 3 is 2.61 bits per heavy atom. The number of nitrogen functional groups attached to an aromatic ring is 1. The van der Waals surface area contributed by atoms with Crippen LogP contribution in [0, 0.1) is 0 Å². The Kier molecular flexibility index (Phi) is 3.60. The van der Waals surface area contributed by atoms with Crippen molar-refractivity contribution in [2.24, 2.45) is 0 Å². The summed E-state index contributed by atoms with van der Waals surface area (Å²) in [4.78, 5) is 2.26. The molecule has 1 aliphatic heterocycles. The van der Waals surface area contributed by atoms with Gasteiger partial charge in [0.2, 0.25) is 10.0 Å². The number of nitrogens with zero attached hydrogens (tertiary/aromatic N) is 3. The highest BCUT2D eigenvalue weighted by atomic mass is 32.2. The summed E-state index contributed by atoms with van der Waals surface area (Å²) in [5.41, 5.74) is 5.58. The molecule has 0 atom stereocenters. The summed E-state index contributed by atoms with van der Waals surface area (Å²) in [6.07, 6.45) is 2.93. The molecule has 2 rings (SSSR count). The van der Waals surface area contributed by atoms with Crippen LogP contribution in [-0.4, -0.2) is 61.0 Å². The molecule has 1 aromatic heterocycles. The molecule has 8 heteroatoms. The summed E-state index contributed by atoms with van der Waals surface area (Å²) in [6.45, 7) is 1.82. The Hall–Kier alpha value is -1.12. The van der Waals surface area contributed by atoms with E-state index in [9.17, 15) is 8.42 Å². The first-order valence-corrected chi connectivity index (χ1v) is 7.32. The predicted molar refractivity (Wildman–Crippen MR) is 68.5 cm³/mol. The van der Waals surface area contributed by atoms with Gasteiger partial charge in [-0.3, -0.25) is 5.10 Å². The van der Waals surface area contributed by atoms with Crippen molar-refractivity contribution in [1.29, 1.82) is 0 Å². The first-order chi connectivity index (χ1) is 8.43. The molecular weight excluding hydrogens is 254 g/mol. The average molecular weight is 273 g/mol. The van der Waals surface area contributed by atoms with Gasteiger partial charge in [0.1, 0.15) is 10.7 Å². The fourth-order valence-corrected chi connectivity index (χ4v) is 3.62. The van der Waals surface area contributed by atoms with Gasteiger partial charge in [-0.2, -0.15) is 9.40 Å². The number of rotatable bonds is 3. The van der Waals surface area contributed by atoms with Crippen molar-refractivity contribution in [3.63, 3.8) is 0 Å². The third kappa shape index (κ3) is 2.36. The molecular formula is C10H19N5O2S. The lowest BCUT2D eigenvalue weighted by Crippen LogP contribution is -2.44. The van der Waals surface area contributed by atoms with Crippen molar-refractivity contribution in [1.82, 2.24) is 19.4 Å². The van der Waals surface area contributed by atoms with Gasteiger partial charge in [0, 0.05) is 13.1 Å². The molecule has 0 bridgehead atoms. The van der Waals surface area contributed by atoms with Gasteiger partial charge in [0.25, 0.3) is 0 Å². The molecule has 0 amide bonds. The number of piperidine rings is 1. The first-order valence-electron chi connectivity index (χ1n) is 5.88. The number of sulfonamides is 1. The molecule has 1 saturated heterocycles. The predicted octanol–water partition coefficient (Wildman–Crippen LogP) is -0.293. The van der Waals surface area contributed by atoms with E-state index in [4.69, 9.17) is 5.73 Å². The monoisotopic (exact) mass is 273 g/mol. The molecule has 18 heavy (non-hydrogen) atoms. The van der Waals surface area contributed by atoms with Crippen molar-refractivity contribution in [3.8, 4) is 0 Å². The Morgan fingerprint density at radius 1 is 1.50 bits per heavy atom. The van der Waals surface area contributed by atoms with E-state index in [1.165, 1.54) is 10.5 Å². The first kappa shape index (κ1) is 13.3. The topological polar surface area (TPSA) is 95.3 Å². The smallest absolute Gasteiger partial charge is 0.248 e. The molecule has 0 unspecified atom stereocenters. The molecule has 2 heterocycles. The average Bonchev–Trinajstić information content (AvgIpc) is 2.76. The van der Waals surface area contributed by atoms with Crippen LogP contribution >= 0.6 is 0 Å². The number of nitrogens with one attached hydrogen (secondary N) is 1. The van der Waals surface area contributed by atoms with Crippen LogP contribution in [0.4, 0.5) is 5.82 Å². The second-order valence-electron chi connectivity index (χ2n) is 4.70. The van der Waals surface area contributed by atoms with Crippen LogP contribution in [0.15, 0.2) is 11.1 Å². The van der Waals surface area contributed by atoms with Gasteiger partial charge >= 0.3 is 0 Å². The van der Waals surface area contributed by atoms with Gasteiger partial charge in [-0.15, -0.1) is 0 Å². The minimum Gasteiger partial charge on any atom is -0.383 e. The summed E-state index contributed by atoms with van der Waals surface area (Å²) < 4.78 is 26.2. The van der Waals surface area contributed by atoms with Crippen LogP contribution in [0.2, 0.25) is 0 Å². The molecule has 0 radical (unpaired) electrons. The lowest BCUT2D eigenvalue weighted by Gasteiger charge is -2.34. The van der Waals surface area contributed by atoms with Gasteiger partial charge in [-0.25, -0.2) is 8.42 Å². The number of hydrogen-bond acceptors (Lipinski definition) is 5. The van der Waals surface area contributed by atoms with E-state index >= 15 is 0 Å². The van der Waals surface area contributed by atoms with Crippen molar-refractivity contribution in [2.75, 3.05) is 32.9 Å². The van der Waals surface area contributed by atoms with Crippen molar-refractivity contribution < 1.29 is 8.42 Å². The summed E-state index contributed by atoms with van der Waals surface area (Å²) >= 11 is 0. The van der Waals surface area contributed by atoms with Crippen LogP contribution in [0.3, 0.4) is 0 Å². The molecule has 7 nitrogen and oxygen atoms in total. The summed E-state index contributed by atoms with van der Waals surface area (Å²) in [5, 5.41) is 6.12. The minimum absolute atomic E-state index is 0.0282. The number of nitrogens with two attached hydrogens (primary N) is 1. The summed E-state index contributed by atoms with van der Waals surface area (Å²) in [6, 6.07) is 0.0282. The highest BCUT2D eigenvalue weighted by molar-refractivity contribution is 7.89. The van der Waals surface area contributed by atoms with E-state index in [-0.39, 0.29) is 16.8 Å². The number of aromatic nitrogens is 2. The quantitative estimate of drug-likeness (QED) is 0.789. The number of H-pyrrole nitrogens is 1. The maximum atomic E-state index is 12.4. The number of anilines is 1. The molecule has 1 fully saturated rings. The molecule has 3 N–H and O–H groups in total. The Labute approximate surface area is 107 Å². The van der Waals surface area contributed by atoms with Crippen molar-refractivity contribution in [3.05, 3.63) is 6.20 Å². The highest BCUT2D eigenvalue weighted by Crippen LogP contribution is 2.24. The number of aromatic amines is 1. The fraction of sp³-hybridized carbons (Fsp3) is 0.700. The van der Waals surface area contributed by atoms with Crippen molar-refractivity contribution in [2.45, 2.75) is 23.8 Å². The molecule has 102 valence electrons. The molecule has 0 aliphatic carbocycles. The van der Waals surface area contributed by atoms with Crippen LogP contribution in [-0.2, 0) is 10.0 Å². The lowest BCUT2D eigenvalue weighted by molar-refractivity contribution is 0.197. The second kappa shape index (κ2) is 4.87. The summed E-state index contributed by atoms with van der Waals surface area (Å²) in [5.74, 6) is 0.0924. The van der Waals surface area contributed by atoms with Gasteiger partial charge in [-0.05, 0) is 33.0 Å². The van der Waals surface area contributed by atoms with Gasteiger partial charge in [0.15, 0.2) is 0 Å². The molecule has 0 spiro atoms. The van der Waals surface area contributed by atoms with E-state index in [1.807, 2.05) is 7.05 Å². The normalized spacial score (nSPS) is 19.5. The minimum atomic E-state index is -3.55. The zero-order valence-electron chi connectivity index (χ0n) is 10.6. The lowest BCUT2D eigenvalue weighted by atomic mass is 10.1. The summed E-state index contributed by atoms with van der Waals surface area (Å²) in [7, 11) is 0.102. The molecule has 1 aromatic rings. The highest BCUT2D eigenvalue weighted by Gasteiger charge is 2.32. The Balaban J connectivity index is 2.18. The van der Waals surface area contributed by atoms with Gasteiger partial charge in [0.05, 0.1) is 6.20 Å². The number of hydrogen-bond donors (Lipinski definition) is 2. The van der Waals surface area contributed by atoms with E-state index in [0.717, 1.165) is 25.9 Å². The fourth-order valence-electron chi connectivity index (χ4n) is 2.20. The van der Waals surface area contributed by atoms with Gasteiger partial charge in [-0.1, -0.05) is 0 Å². The molecule has 1 aliphatic rings. The largest absolute Gasteiger partial charge is 0.383 e. The SMILES string of the molecule is CN1CCC(N(C)S(=O)(=O)c2cn[nH]c2N)CC1. The third-order valence-corrected chi connectivity index (χ3v) is 5.43. The van der Waals surface area contributed by atoms with Crippen molar-refractivity contribution >= 4 is 15.8 Å². The zero-order valence-corrected chi connectivity index (χ0v) is 11.4. The van der Waals surface area contributed by atoms with Gasteiger partial charge < -0.3 is 10.6 Å². The van der Waals surface area contributed by atoms with E-state index in [0.29, 0.717) is 0 Å². The van der Waals surface area contributed by atoms with Crippen LogP contribution < -0.4 is 5.73 Å². The number of likely N-dealkylation sites (tertiary alicyclic amines) is 1. The third-order valence-electron chi connectivity index (χ3n) is 3.49. The Morgan fingerprint density at radius 2 is 2.11 bits per heavy atom. The Bertz CT molecular complexity index is 504. The zero-order chi connectivity index (χ0) is 13.3. The maximum Gasteiger partial charge on any atom is 0.248 e. The van der Waals surface area contributed by atoms with Crippen LogP contribution in [0.1, 0.15) is 12.8 Å². The van der Waals surface area contributed by atoms with E-state index in [1.54, 1.807) is 7.05 Å². The van der Waals surface area contributed by atoms with E-state index < -0.39 is 10.0 Å². The standard InChI is InChI=1S/C10H19N5O2S/c1-14-5-3-8(4-6-14)15(2)18(16,17)9-7-12-13-10(9)11/h7-8H,3-6H2,1-2H3,(H3,11,12,13). The maximum absolute atomic E-state index is 12.4. The molecule has 0 saturated carbocycles. The van der Waals surface area contributed by atoms with E-state index in [2.05, 4.69) is 15.1 Å². The molecule has 0 aromatic carbocycles.